The van der Waals surface area contributed by atoms with Crippen LogP contribution in [0.15, 0.2) is 42.5 Å². The number of aryl methyl sites for hydroxylation is 2. The Morgan fingerprint density at radius 2 is 1.81 bits per heavy atom. The van der Waals surface area contributed by atoms with E-state index in [1.165, 1.54) is 5.56 Å². The Bertz CT molecular complexity index is 919. The number of nitrogens with one attached hydrogen (secondary N) is 2. The highest BCUT2D eigenvalue weighted by molar-refractivity contribution is 5.89. The number of rotatable bonds is 7. The third-order valence-corrected chi connectivity index (χ3v) is 4.15. The molecule has 140 valence electrons. The molecule has 0 saturated heterocycles. The van der Waals surface area contributed by atoms with Crippen LogP contribution >= 0.6 is 0 Å². The molecule has 7 heteroatoms. The van der Waals surface area contributed by atoms with Crippen molar-refractivity contribution in [3.8, 4) is 22.9 Å². The van der Waals surface area contributed by atoms with Gasteiger partial charge in [-0.1, -0.05) is 35.9 Å². The van der Waals surface area contributed by atoms with E-state index < -0.39 is 0 Å². The number of hydrogen-bond donors (Lipinski definition) is 2. The summed E-state index contributed by atoms with van der Waals surface area (Å²) in [5, 5.41) is 9.61. The fourth-order valence-electron chi connectivity index (χ4n) is 2.64. The van der Waals surface area contributed by atoms with Crippen molar-refractivity contribution >= 4 is 11.9 Å². The number of benzene rings is 2. The van der Waals surface area contributed by atoms with Gasteiger partial charge in [0.05, 0.1) is 14.2 Å². The molecular formula is C20H22N4O3. The average Bonchev–Trinajstić information content (AvgIpc) is 3.15. The molecule has 0 radical (unpaired) electrons. The van der Waals surface area contributed by atoms with Gasteiger partial charge in [0, 0.05) is 12.0 Å². The monoisotopic (exact) mass is 366 g/mol. The van der Waals surface area contributed by atoms with Crippen LogP contribution in [0.3, 0.4) is 0 Å². The normalized spacial score (nSPS) is 10.5. The van der Waals surface area contributed by atoms with E-state index in [9.17, 15) is 4.79 Å². The van der Waals surface area contributed by atoms with Gasteiger partial charge in [-0.3, -0.25) is 15.2 Å². The zero-order chi connectivity index (χ0) is 19.2. The van der Waals surface area contributed by atoms with Gasteiger partial charge in [-0.2, -0.15) is 4.98 Å². The van der Waals surface area contributed by atoms with Crippen molar-refractivity contribution in [1.82, 2.24) is 15.2 Å². The van der Waals surface area contributed by atoms with E-state index in [1.54, 1.807) is 14.2 Å². The Morgan fingerprint density at radius 3 is 2.52 bits per heavy atom. The Hall–Kier alpha value is -3.35. The molecule has 1 aromatic heterocycles. The van der Waals surface area contributed by atoms with Crippen molar-refractivity contribution in [1.29, 1.82) is 0 Å². The third-order valence-electron chi connectivity index (χ3n) is 4.15. The van der Waals surface area contributed by atoms with Crippen molar-refractivity contribution in [3.63, 3.8) is 0 Å². The first kappa shape index (κ1) is 18.4. The quantitative estimate of drug-likeness (QED) is 0.669. The van der Waals surface area contributed by atoms with Gasteiger partial charge in [-0.05, 0) is 31.0 Å². The molecule has 0 fully saturated rings. The van der Waals surface area contributed by atoms with Crippen LogP contribution < -0.4 is 14.8 Å². The Balaban J connectivity index is 1.58. The lowest BCUT2D eigenvalue weighted by molar-refractivity contribution is -0.116. The minimum Gasteiger partial charge on any atom is -0.493 e. The standard InChI is InChI=1S/C20H22N4O3/c1-13-4-8-15(9-5-13)19-22-20(24-23-19)21-18(25)11-7-14-6-10-16(26-2)17(12-14)27-3/h4-6,8-10,12H,7,11H2,1-3H3,(H2,21,22,23,24,25). The van der Waals surface area contributed by atoms with E-state index in [1.807, 2.05) is 49.4 Å². The summed E-state index contributed by atoms with van der Waals surface area (Å²) in [5.74, 6) is 2.04. The van der Waals surface area contributed by atoms with Gasteiger partial charge < -0.3 is 9.47 Å². The number of nitrogens with zero attached hydrogens (tertiary/aromatic N) is 2. The highest BCUT2D eigenvalue weighted by Crippen LogP contribution is 2.28. The zero-order valence-corrected chi connectivity index (χ0v) is 15.6. The largest absolute Gasteiger partial charge is 0.493 e. The minimum atomic E-state index is -0.153. The van der Waals surface area contributed by atoms with Crippen LogP contribution in [0.1, 0.15) is 17.5 Å². The number of carbonyl (C=O) groups excluding carboxylic acids is 1. The predicted octanol–water partition coefficient (Wildman–Crippen LogP) is 3.37. The van der Waals surface area contributed by atoms with Crippen LogP contribution in [-0.2, 0) is 11.2 Å². The number of aromatic amines is 1. The highest BCUT2D eigenvalue weighted by Gasteiger charge is 2.10. The molecule has 3 aromatic rings. The predicted molar refractivity (Wildman–Crippen MR) is 103 cm³/mol. The van der Waals surface area contributed by atoms with Gasteiger partial charge >= 0.3 is 0 Å². The van der Waals surface area contributed by atoms with Crippen molar-refractivity contribution in [2.45, 2.75) is 19.8 Å². The molecule has 0 bridgehead atoms. The summed E-state index contributed by atoms with van der Waals surface area (Å²) in [5.41, 5.74) is 3.07. The molecule has 0 atom stereocenters. The Morgan fingerprint density at radius 1 is 1.07 bits per heavy atom. The molecule has 0 aliphatic carbocycles. The fourth-order valence-corrected chi connectivity index (χ4v) is 2.64. The first-order valence-corrected chi connectivity index (χ1v) is 8.59. The van der Waals surface area contributed by atoms with Crippen LogP contribution in [0.4, 0.5) is 5.95 Å². The number of H-pyrrole nitrogens is 1. The number of carbonyl (C=O) groups is 1. The molecule has 7 nitrogen and oxygen atoms in total. The van der Waals surface area contributed by atoms with E-state index in [-0.39, 0.29) is 11.9 Å². The summed E-state index contributed by atoms with van der Waals surface area (Å²) in [4.78, 5) is 16.5. The number of amides is 1. The lowest BCUT2D eigenvalue weighted by Crippen LogP contribution is -2.13. The molecule has 0 aliphatic heterocycles. The molecule has 0 unspecified atom stereocenters. The van der Waals surface area contributed by atoms with Crippen LogP contribution in [0, 0.1) is 6.92 Å². The molecule has 2 N–H and O–H groups in total. The summed E-state index contributed by atoms with van der Waals surface area (Å²) in [6.45, 7) is 2.02. The summed E-state index contributed by atoms with van der Waals surface area (Å²) in [6.07, 6.45) is 0.880. The number of hydrogen-bond acceptors (Lipinski definition) is 5. The number of methoxy groups -OCH3 is 2. The smallest absolute Gasteiger partial charge is 0.249 e. The molecule has 1 heterocycles. The molecule has 2 aromatic carbocycles. The molecule has 0 saturated carbocycles. The maximum absolute atomic E-state index is 12.2. The molecular weight excluding hydrogens is 344 g/mol. The average molecular weight is 366 g/mol. The molecule has 0 spiro atoms. The second-order valence-corrected chi connectivity index (χ2v) is 6.11. The van der Waals surface area contributed by atoms with Crippen molar-refractivity contribution < 1.29 is 14.3 Å². The van der Waals surface area contributed by atoms with Gasteiger partial charge in [0.2, 0.25) is 11.9 Å². The summed E-state index contributed by atoms with van der Waals surface area (Å²) in [6, 6.07) is 13.5. The second-order valence-electron chi connectivity index (χ2n) is 6.11. The summed E-state index contributed by atoms with van der Waals surface area (Å²) >= 11 is 0. The van der Waals surface area contributed by atoms with Gasteiger partial charge in [-0.25, -0.2) is 0 Å². The SMILES string of the molecule is COc1ccc(CCC(=O)Nc2n[nH]c(-c3ccc(C)cc3)n2)cc1OC. The van der Waals surface area contributed by atoms with Gasteiger partial charge in [0.15, 0.2) is 17.3 Å². The summed E-state index contributed by atoms with van der Waals surface area (Å²) < 4.78 is 10.5. The van der Waals surface area contributed by atoms with E-state index in [0.717, 1.165) is 11.1 Å². The topological polar surface area (TPSA) is 89.1 Å². The Labute approximate surface area is 157 Å². The van der Waals surface area contributed by atoms with Gasteiger partial charge in [0.25, 0.3) is 0 Å². The van der Waals surface area contributed by atoms with Crippen LogP contribution in [-0.4, -0.2) is 35.3 Å². The zero-order valence-electron chi connectivity index (χ0n) is 15.6. The van der Waals surface area contributed by atoms with E-state index in [4.69, 9.17) is 9.47 Å². The highest BCUT2D eigenvalue weighted by atomic mass is 16.5. The van der Waals surface area contributed by atoms with Gasteiger partial charge in [-0.15, -0.1) is 5.10 Å². The van der Waals surface area contributed by atoms with Crippen molar-refractivity contribution in [3.05, 3.63) is 53.6 Å². The minimum absolute atomic E-state index is 0.153. The van der Waals surface area contributed by atoms with Crippen molar-refractivity contribution in [2.75, 3.05) is 19.5 Å². The van der Waals surface area contributed by atoms with E-state index in [0.29, 0.717) is 30.2 Å². The first-order chi connectivity index (χ1) is 13.1. The fraction of sp³-hybridized carbons (Fsp3) is 0.250. The Kier molecular flexibility index (Phi) is 5.71. The lowest BCUT2D eigenvalue weighted by Gasteiger charge is -2.09. The summed E-state index contributed by atoms with van der Waals surface area (Å²) in [7, 11) is 3.18. The number of aromatic nitrogens is 3. The number of ether oxygens (including phenoxy) is 2. The van der Waals surface area contributed by atoms with Crippen LogP contribution in [0.5, 0.6) is 11.5 Å². The second kappa shape index (κ2) is 8.35. The molecule has 1 amide bonds. The van der Waals surface area contributed by atoms with E-state index in [2.05, 4.69) is 20.5 Å². The molecule has 0 aliphatic rings. The maximum Gasteiger partial charge on any atom is 0.249 e. The maximum atomic E-state index is 12.2. The third kappa shape index (κ3) is 4.63. The van der Waals surface area contributed by atoms with Crippen molar-refractivity contribution in [2.24, 2.45) is 0 Å². The van der Waals surface area contributed by atoms with E-state index >= 15 is 0 Å². The van der Waals surface area contributed by atoms with Crippen LogP contribution in [0.25, 0.3) is 11.4 Å². The lowest BCUT2D eigenvalue weighted by atomic mass is 10.1. The van der Waals surface area contributed by atoms with Gasteiger partial charge in [0.1, 0.15) is 0 Å². The van der Waals surface area contributed by atoms with Crippen LogP contribution in [0.2, 0.25) is 0 Å². The first-order valence-electron chi connectivity index (χ1n) is 8.59. The number of anilines is 1. The molecule has 27 heavy (non-hydrogen) atoms. The molecule has 3 rings (SSSR count).